The summed E-state index contributed by atoms with van der Waals surface area (Å²) in [4.78, 5) is 10.8. The molecule has 0 spiro atoms. The first-order chi connectivity index (χ1) is 6.29. The molecule has 3 N–H and O–H groups in total. The van der Waals surface area contributed by atoms with Gasteiger partial charge in [-0.3, -0.25) is 9.35 Å². The summed E-state index contributed by atoms with van der Waals surface area (Å²) in [5.74, 6) is -1.67. The molecule has 0 bridgehead atoms. The average Bonchev–Trinajstić information content (AvgIpc) is 2.01. The molecule has 0 aromatic carbocycles. The van der Waals surface area contributed by atoms with E-state index in [0.717, 1.165) is 6.08 Å². The average molecular weight is 219 g/mol. The summed E-state index contributed by atoms with van der Waals surface area (Å²) in [7, 11) is -4.75. The molecule has 78 valence electrons. The summed E-state index contributed by atoms with van der Waals surface area (Å²) in [5.41, 5.74) is -0.0347. The van der Waals surface area contributed by atoms with Crippen LogP contribution in [0.4, 0.5) is 0 Å². The standard InChI is InChI=1S/C7H9NO5S/c8-5-2-1-3-7(4-5,6(9)10)14(11,12)13/h1,3,8H,2,4H2,(H,9,10)(H,11,12,13). The van der Waals surface area contributed by atoms with Crippen molar-refractivity contribution < 1.29 is 22.9 Å². The van der Waals surface area contributed by atoms with E-state index in [9.17, 15) is 13.2 Å². The molecule has 0 aromatic heterocycles. The zero-order chi connectivity index (χ0) is 11.0. The van der Waals surface area contributed by atoms with Gasteiger partial charge in [-0.25, -0.2) is 0 Å². The minimum atomic E-state index is -4.75. The molecule has 1 atom stereocenters. The van der Waals surface area contributed by atoms with Crippen LogP contribution in [-0.2, 0) is 14.9 Å². The number of carboxylic acids is 1. The van der Waals surface area contributed by atoms with E-state index in [1.165, 1.54) is 6.08 Å². The van der Waals surface area contributed by atoms with Gasteiger partial charge in [-0.15, -0.1) is 0 Å². The molecular weight excluding hydrogens is 210 g/mol. The molecule has 0 saturated heterocycles. The number of nitrogens with one attached hydrogen (secondary N) is 1. The quantitative estimate of drug-likeness (QED) is 0.449. The van der Waals surface area contributed by atoms with Gasteiger partial charge in [0, 0.05) is 18.6 Å². The van der Waals surface area contributed by atoms with E-state index in [2.05, 4.69) is 0 Å². The highest BCUT2D eigenvalue weighted by molar-refractivity contribution is 7.88. The lowest BCUT2D eigenvalue weighted by Gasteiger charge is -2.25. The third kappa shape index (κ3) is 1.55. The first-order valence-corrected chi connectivity index (χ1v) is 5.18. The first-order valence-electron chi connectivity index (χ1n) is 3.74. The maximum atomic E-state index is 10.9. The van der Waals surface area contributed by atoms with Gasteiger partial charge in [-0.1, -0.05) is 12.2 Å². The van der Waals surface area contributed by atoms with E-state index in [1.54, 1.807) is 0 Å². The molecule has 7 heteroatoms. The van der Waals surface area contributed by atoms with Crippen molar-refractivity contribution in [2.24, 2.45) is 0 Å². The van der Waals surface area contributed by atoms with Gasteiger partial charge in [0.25, 0.3) is 10.1 Å². The van der Waals surface area contributed by atoms with Gasteiger partial charge in [-0.05, 0) is 0 Å². The largest absolute Gasteiger partial charge is 0.480 e. The Labute approximate surface area is 80.5 Å². The lowest BCUT2D eigenvalue weighted by atomic mass is 9.93. The van der Waals surface area contributed by atoms with Crippen molar-refractivity contribution in [3.8, 4) is 0 Å². The van der Waals surface area contributed by atoms with E-state index in [0.29, 0.717) is 0 Å². The maximum absolute atomic E-state index is 10.9. The highest BCUT2D eigenvalue weighted by atomic mass is 32.2. The monoisotopic (exact) mass is 219 g/mol. The molecule has 0 amide bonds. The van der Waals surface area contributed by atoms with Gasteiger partial charge in [0.2, 0.25) is 4.75 Å². The Morgan fingerprint density at radius 3 is 2.43 bits per heavy atom. The summed E-state index contributed by atoms with van der Waals surface area (Å²) in [6.07, 6.45) is 1.89. The van der Waals surface area contributed by atoms with Crippen molar-refractivity contribution in [3.05, 3.63) is 12.2 Å². The third-order valence-corrected chi connectivity index (χ3v) is 3.43. The molecule has 1 aliphatic rings. The van der Waals surface area contributed by atoms with Gasteiger partial charge >= 0.3 is 5.97 Å². The molecule has 6 nitrogen and oxygen atoms in total. The molecule has 0 fully saturated rings. The molecule has 1 unspecified atom stereocenters. The van der Waals surface area contributed by atoms with Gasteiger partial charge < -0.3 is 10.5 Å². The Hall–Kier alpha value is -1.21. The number of carboxylic acid groups (broad SMARTS) is 1. The molecule has 0 aliphatic heterocycles. The molecule has 1 rings (SSSR count). The predicted molar refractivity (Wildman–Crippen MR) is 48.0 cm³/mol. The minimum Gasteiger partial charge on any atom is -0.480 e. The molecule has 0 aromatic rings. The van der Waals surface area contributed by atoms with Gasteiger partial charge in [0.1, 0.15) is 0 Å². The number of rotatable bonds is 2. The first kappa shape index (κ1) is 10.9. The zero-order valence-electron chi connectivity index (χ0n) is 7.10. The number of aliphatic carboxylic acids is 1. The van der Waals surface area contributed by atoms with Crippen molar-refractivity contribution in [1.82, 2.24) is 0 Å². The zero-order valence-corrected chi connectivity index (χ0v) is 7.91. The number of hydrogen-bond donors (Lipinski definition) is 3. The van der Waals surface area contributed by atoms with Crippen LogP contribution in [0, 0.1) is 5.41 Å². The fourth-order valence-corrected chi connectivity index (χ4v) is 2.12. The van der Waals surface area contributed by atoms with Crippen LogP contribution in [0.3, 0.4) is 0 Å². The molecule has 0 radical (unpaired) electrons. The second kappa shape index (κ2) is 3.18. The van der Waals surface area contributed by atoms with Crippen LogP contribution in [0.5, 0.6) is 0 Å². The lowest BCUT2D eigenvalue weighted by molar-refractivity contribution is -0.138. The van der Waals surface area contributed by atoms with Crippen LogP contribution in [0.1, 0.15) is 12.8 Å². The predicted octanol–water partition coefficient (Wildman–Crippen LogP) is 0.0674. The molecular formula is C7H9NO5S. The van der Waals surface area contributed by atoms with Crippen LogP contribution < -0.4 is 0 Å². The SMILES string of the molecule is N=C1CC=CC(C(=O)O)(S(=O)(=O)O)C1. The fraction of sp³-hybridized carbons (Fsp3) is 0.429. The second-order valence-corrected chi connectivity index (χ2v) is 4.74. The summed E-state index contributed by atoms with van der Waals surface area (Å²) >= 11 is 0. The van der Waals surface area contributed by atoms with Crippen LogP contribution in [0.2, 0.25) is 0 Å². The van der Waals surface area contributed by atoms with Crippen LogP contribution in [-0.4, -0.2) is 34.5 Å². The molecule has 0 saturated carbocycles. The Bertz CT molecular complexity index is 410. The Kier molecular flexibility index (Phi) is 2.47. The summed E-state index contributed by atoms with van der Waals surface area (Å²) in [5, 5.41) is 16.0. The van der Waals surface area contributed by atoms with Crippen molar-refractivity contribution in [2.75, 3.05) is 0 Å². The number of carbonyl (C=O) groups is 1. The van der Waals surface area contributed by atoms with E-state index >= 15 is 0 Å². The minimum absolute atomic E-state index is 0.0347. The molecule has 14 heavy (non-hydrogen) atoms. The van der Waals surface area contributed by atoms with Crippen LogP contribution in [0.25, 0.3) is 0 Å². The van der Waals surface area contributed by atoms with Gasteiger partial charge in [0.15, 0.2) is 0 Å². The Balaban J connectivity index is 3.33. The van der Waals surface area contributed by atoms with E-state index in [1.807, 2.05) is 0 Å². The van der Waals surface area contributed by atoms with Crippen molar-refractivity contribution in [1.29, 1.82) is 5.41 Å². The van der Waals surface area contributed by atoms with Gasteiger partial charge in [-0.2, -0.15) is 8.42 Å². The normalized spacial score (nSPS) is 27.6. The number of allylic oxidation sites excluding steroid dienone is 1. The molecule has 0 heterocycles. The highest BCUT2D eigenvalue weighted by Crippen LogP contribution is 2.28. The topological polar surface area (TPSA) is 116 Å². The summed E-state index contributed by atoms with van der Waals surface area (Å²) in [6.45, 7) is 0. The number of hydrogen-bond acceptors (Lipinski definition) is 4. The summed E-state index contributed by atoms with van der Waals surface area (Å²) in [6, 6.07) is 0. The second-order valence-electron chi connectivity index (χ2n) is 3.06. The van der Waals surface area contributed by atoms with Crippen LogP contribution >= 0.6 is 0 Å². The van der Waals surface area contributed by atoms with Crippen molar-refractivity contribution >= 4 is 21.8 Å². The lowest BCUT2D eigenvalue weighted by Crippen LogP contribution is -2.47. The molecule has 1 aliphatic carbocycles. The highest BCUT2D eigenvalue weighted by Gasteiger charge is 2.50. The summed E-state index contributed by atoms with van der Waals surface area (Å²) < 4.78 is 28.3. The van der Waals surface area contributed by atoms with Crippen molar-refractivity contribution in [3.63, 3.8) is 0 Å². The Morgan fingerprint density at radius 2 is 2.14 bits per heavy atom. The van der Waals surface area contributed by atoms with E-state index in [-0.39, 0.29) is 12.1 Å². The Morgan fingerprint density at radius 1 is 1.57 bits per heavy atom. The fourth-order valence-electron chi connectivity index (χ4n) is 1.27. The smallest absolute Gasteiger partial charge is 0.331 e. The maximum Gasteiger partial charge on any atom is 0.331 e. The third-order valence-electron chi connectivity index (χ3n) is 2.05. The van der Waals surface area contributed by atoms with Gasteiger partial charge in [0.05, 0.1) is 0 Å². The van der Waals surface area contributed by atoms with Crippen molar-refractivity contribution in [2.45, 2.75) is 17.6 Å². The van der Waals surface area contributed by atoms with E-state index in [4.69, 9.17) is 15.1 Å². The van der Waals surface area contributed by atoms with E-state index < -0.39 is 27.3 Å². The van der Waals surface area contributed by atoms with Crippen LogP contribution in [0.15, 0.2) is 12.2 Å².